The van der Waals surface area contributed by atoms with Gasteiger partial charge in [0.25, 0.3) is 0 Å². The van der Waals surface area contributed by atoms with Crippen molar-refractivity contribution < 1.29 is 14.3 Å². The predicted octanol–water partition coefficient (Wildman–Crippen LogP) is 5.02. The molecule has 142 valence electrons. The molecule has 4 fully saturated rings. The summed E-state index contributed by atoms with van der Waals surface area (Å²) in [5, 5.41) is 0. The predicted molar refractivity (Wildman–Crippen MR) is 100 cm³/mol. The Morgan fingerprint density at radius 1 is 1.23 bits per heavy atom. The average Bonchev–Trinajstić information content (AvgIpc) is 3.12. The van der Waals surface area contributed by atoms with Crippen LogP contribution in [0, 0.1) is 34.5 Å². The summed E-state index contributed by atoms with van der Waals surface area (Å²) in [4.78, 5) is 11.4. The van der Waals surface area contributed by atoms with Gasteiger partial charge in [-0.05, 0) is 68.1 Å². The van der Waals surface area contributed by atoms with Gasteiger partial charge >= 0.3 is 5.97 Å². The van der Waals surface area contributed by atoms with E-state index in [1.54, 1.807) is 5.57 Å². The molecule has 5 aliphatic rings. The molecule has 3 saturated carbocycles. The van der Waals surface area contributed by atoms with Crippen molar-refractivity contribution >= 4 is 5.97 Å². The van der Waals surface area contributed by atoms with E-state index in [2.05, 4.69) is 19.6 Å². The van der Waals surface area contributed by atoms with Crippen molar-refractivity contribution in [3.63, 3.8) is 0 Å². The number of carbonyl (C=O) groups excluding carboxylic acids is 1. The Morgan fingerprint density at radius 3 is 2.88 bits per heavy atom. The molecule has 0 N–H and O–H groups in total. The lowest BCUT2D eigenvalue weighted by Gasteiger charge is -2.57. The summed E-state index contributed by atoms with van der Waals surface area (Å²) in [6.07, 6.45) is 12.3. The summed E-state index contributed by atoms with van der Waals surface area (Å²) in [7, 11) is 0. The number of esters is 1. The number of ether oxygens (including phenoxy) is 2. The molecule has 0 radical (unpaired) electrons. The van der Waals surface area contributed by atoms with Gasteiger partial charge in [0.1, 0.15) is 6.10 Å². The first-order chi connectivity index (χ1) is 12.4. The van der Waals surface area contributed by atoms with E-state index in [-0.39, 0.29) is 12.1 Å². The lowest BCUT2D eigenvalue weighted by atomic mass is 9.47. The van der Waals surface area contributed by atoms with Crippen molar-refractivity contribution in [1.82, 2.24) is 0 Å². The molecule has 0 unspecified atom stereocenters. The fraction of sp³-hybridized carbons (Fsp3) is 0.783. The molecule has 26 heavy (non-hydrogen) atoms. The van der Waals surface area contributed by atoms with Crippen molar-refractivity contribution in [3.05, 3.63) is 24.0 Å². The Labute approximate surface area is 157 Å². The van der Waals surface area contributed by atoms with Gasteiger partial charge in [-0.25, -0.2) is 0 Å². The van der Waals surface area contributed by atoms with Crippen LogP contribution in [0.1, 0.15) is 65.2 Å². The Kier molecular flexibility index (Phi) is 3.65. The first-order valence-corrected chi connectivity index (χ1v) is 10.6. The van der Waals surface area contributed by atoms with Crippen LogP contribution >= 0.6 is 0 Å². The summed E-state index contributed by atoms with van der Waals surface area (Å²) < 4.78 is 11.5. The first kappa shape index (κ1) is 16.9. The molecular formula is C23H32O3. The van der Waals surface area contributed by atoms with Crippen molar-refractivity contribution in [2.45, 2.75) is 71.3 Å². The third-order valence-electron chi connectivity index (χ3n) is 9.02. The molecule has 0 bridgehead atoms. The van der Waals surface area contributed by atoms with Crippen molar-refractivity contribution in [2.24, 2.45) is 34.5 Å². The van der Waals surface area contributed by atoms with E-state index in [4.69, 9.17) is 9.47 Å². The second kappa shape index (κ2) is 5.62. The second-order valence-electron chi connectivity index (χ2n) is 9.89. The SMILES string of the molecule is C=C1OC[C@]23CC[C@H]4[C@@H](CC=C5C[C@@H](OC(C)=O)CC[C@@]54C)[C@@H]2CC[C@H]13. The number of fused-ring (bicyclic) bond motifs is 4. The van der Waals surface area contributed by atoms with Gasteiger partial charge in [0.2, 0.25) is 0 Å². The van der Waals surface area contributed by atoms with E-state index < -0.39 is 0 Å². The average molecular weight is 357 g/mol. The highest BCUT2D eigenvalue weighted by Gasteiger charge is 2.63. The van der Waals surface area contributed by atoms with Crippen molar-refractivity contribution in [3.8, 4) is 0 Å². The minimum atomic E-state index is -0.133. The van der Waals surface area contributed by atoms with Crippen molar-refractivity contribution in [1.29, 1.82) is 0 Å². The maximum absolute atomic E-state index is 11.4. The smallest absolute Gasteiger partial charge is 0.302 e. The van der Waals surface area contributed by atoms with Gasteiger partial charge in [-0.3, -0.25) is 4.79 Å². The Balaban J connectivity index is 1.42. The topological polar surface area (TPSA) is 35.5 Å². The van der Waals surface area contributed by atoms with Gasteiger partial charge in [0, 0.05) is 24.7 Å². The minimum absolute atomic E-state index is 0.0979. The minimum Gasteiger partial charge on any atom is -0.498 e. The van der Waals surface area contributed by atoms with Crippen molar-refractivity contribution in [2.75, 3.05) is 6.61 Å². The van der Waals surface area contributed by atoms with Crippen LogP contribution in [-0.4, -0.2) is 18.7 Å². The standard InChI is InChI=1S/C23H32O3/c1-14-19-6-7-21-18-5-4-16-12-17(26-15(2)24)8-10-22(16,3)20(18)9-11-23(19,21)13-25-14/h4,17-21H,1,5-13H2,2-3H3/t17-,18+,19+,20-,21-,22-,23-/m0/s1. The van der Waals surface area contributed by atoms with E-state index in [0.29, 0.717) is 16.7 Å². The van der Waals surface area contributed by atoms with Crippen LogP contribution in [0.3, 0.4) is 0 Å². The van der Waals surface area contributed by atoms with Crippen LogP contribution in [0.25, 0.3) is 0 Å². The molecule has 7 atom stereocenters. The summed E-state index contributed by atoms with van der Waals surface area (Å²) in [5.41, 5.74) is 2.29. The van der Waals surface area contributed by atoms with Gasteiger partial charge in [-0.15, -0.1) is 0 Å². The van der Waals surface area contributed by atoms with Crippen LogP contribution in [0.4, 0.5) is 0 Å². The lowest BCUT2D eigenvalue weighted by Crippen LogP contribution is -2.51. The summed E-state index contributed by atoms with van der Waals surface area (Å²) in [6, 6.07) is 0. The molecule has 5 rings (SSSR count). The van der Waals surface area contributed by atoms with Crippen LogP contribution in [0.15, 0.2) is 24.0 Å². The van der Waals surface area contributed by atoms with Gasteiger partial charge < -0.3 is 9.47 Å². The number of carbonyl (C=O) groups is 1. The Bertz CT molecular complexity index is 679. The molecule has 0 aromatic heterocycles. The first-order valence-electron chi connectivity index (χ1n) is 10.6. The van der Waals surface area contributed by atoms with Crippen LogP contribution in [-0.2, 0) is 14.3 Å². The lowest BCUT2D eigenvalue weighted by molar-refractivity contribution is -0.148. The van der Waals surface area contributed by atoms with Gasteiger partial charge in [0.05, 0.1) is 12.4 Å². The monoisotopic (exact) mass is 356 g/mol. The summed E-state index contributed by atoms with van der Waals surface area (Å²) in [6.45, 7) is 9.19. The number of allylic oxidation sites excluding steroid dienone is 2. The van der Waals surface area contributed by atoms with Gasteiger partial charge in [0.15, 0.2) is 0 Å². The van der Waals surface area contributed by atoms with Gasteiger partial charge in [-0.2, -0.15) is 0 Å². The zero-order chi connectivity index (χ0) is 18.1. The molecule has 4 aliphatic carbocycles. The molecule has 1 spiro atoms. The normalized spacial score (nSPS) is 49.2. The molecule has 3 nitrogen and oxygen atoms in total. The Morgan fingerprint density at radius 2 is 2.08 bits per heavy atom. The fourth-order valence-electron chi connectivity index (χ4n) is 7.86. The second-order valence-corrected chi connectivity index (χ2v) is 9.89. The quantitative estimate of drug-likeness (QED) is 0.489. The summed E-state index contributed by atoms with van der Waals surface area (Å²) in [5.74, 6) is 3.97. The summed E-state index contributed by atoms with van der Waals surface area (Å²) >= 11 is 0. The highest BCUT2D eigenvalue weighted by atomic mass is 16.5. The van der Waals surface area contributed by atoms with Gasteiger partial charge in [-0.1, -0.05) is 25.2 Å². The van der Waals surface area contributed by atoms with E-state index >= 15 is 0 Å². The molecule has 1 aliphatic heterocycles. The zero-order valence-corrected chi connectivity index (χ0v) is 16.3. The fourth-order valence-corrected chi connectivity index (χ4v) is 7.86. The maximum atomic E-state index is 11.4. The largest absolute Gasteiger partial charge is 0.498 e. The van der Waals surface area contributed by atoms with Crippen LogP contribution in [0.2, 0.25) is 0 Å². The number of hydrogen-bond acceptors (Lipinski definition) is 3. The van der Waals surface area contributed by atoms with E-state index in [9.17, 15) is 4.79 Å². The maximum Gasteiger partial charge on any atom is 0.302 e. The number of hydrogen-bond donors (Lipinski definition) is 0. The molecule has 3 heteroatoms. The molecule has 1 heterocycles. The third-order valence-corrected chi connectivity index (χ3v) is 9.02. The van der Waals surface area contributed by atoms with E-state index in [1.165, 1.54) is 45.4 Å². The van der Waals surface area contributed by atoms with Crippen LogP contribution in [0.5, 0.6) is 0 Å². The third kappa shape index (κ3) is 2.15. The molecule has 0 aromatic rings. The highest BCUT2D eigenvalue weighted by Crippen LogP contribution is 2.68. The highest BCUT2D eigenvalue weighted by molar-refractivity contribution is 5.66. The van der Waals surface area contributed by atoms with E-state index in [1.807, 2.05) is 0 Å². The van der Waals surface area contributed by atoms with E-state index in [0.717, 1.165) is 43.0 Å². The zero-order valence-electron chi connectivity index (χ0n) is 16.3. The number of rotatable bonds is 1. The molecule has 1 saturated heterocycles. The van der Waals surface area contributed by atoms with Crippen LogP contribution < -0.4 is 0 Å². The molecule has 0 aromatic carbocycles. The molecule has 0 amide bonds. The Hall–Kier alpha value is -1.25. The molecular weight excluding hydrogens is 324 g/mol.